The van der Waals surface area contributed by atoms with Crippen LogP contribution in [0.1, 0.15) is 0 Å². The highest BCUT2D eigenvalue weighted by Crippen LogP contribution is 2.13. The largest absolute Gasteiger partial charge is 0.492 e. The Morgan fingerprint density at radius 2 is 1.88 bits per heavy atom. The molecule has 1 aromatic carbocycles. The van der Waals surface area contributed by atoms with Gasteiger partial charge in [0, 0.05) is 44.4 Å². The van der Waals surface area contributed by atoms with Gasteiger partial charge >= 0.3 is 0 Å². The van der Waals surface area contributed by atoms with Crippen LogP contribution >= 0.6 is 36.6 Å². The Morgan fingerprint density at radius 3 is 2.50 bits per heavy atom. The summed E-state index contributed by atoms with van der Waals surface area (Å²) in [6.07, 6.45) is 0. The summed E-state index contributed by atoms with van der Waals surface area (Å²) in [7, 11) is 0. The van der Waals surface area contributed by atoms with Crippen molar-refractivity contribution in [3.8, 4) is 5.75 Å². The summed E-state index contributed by atoms with van der Waals surface area (Å²) in [5.41, 5.74) is 0. The van der Waals surface area contributed by atoms with Gasteiger partial charge in [0.1, 0.15) is 12.4 Å². The zero-order valence-electron chi connectivity index (χ0n) is 13.6. The Labute approximate surface area is 160 Å². The molecule has 2 saturated heterocycles. The first kappa shape index (κ1) is 21.4. The molecule has 2 aliphatic heterocycles. The molecule has 136 valence electrons. The van der Waals surface area contributed by atoms with Gasteiger partial charge in [-0.15, -0.1) is 36.6 Å². The maximum atomic E-state index is 12.3. The molecule has 5 nitrogen and oxygen atoms in total. The fourth-order valence-corrected chi connectivity index (χ4v) is 3.71. The van der Waals surface area contributed by atoms with Gasteiger partial charge in [-0.05, 0) is 12.1 Å². The van der Waals surface area contributed by atoms with Crippen molar-refractivity contribution in [2.45, 2.75) is 6.04 Å². The lowest BCUT2D eigenvalue weighted by Gasteiger charge is -2.35. The first-order valence-corrected chi connectivity index (χ1v) is 8.98. The zero-order chi connectivity index (χ0) is 15.2. The zero-order valence-corrected chi connectivity index (χ0v) is 16.0. The van der Waals surface area contributed by atoms with Gasteiger partial charge in [-0.1, -0.05) is 18.2 Å². The summed E-state index contributed by atoms with van der Waals surface area (Å²) < 4.78 is 5.73. The fourth-order valence-electron chi connectivity index (χ4n) is 2.78. The lowest BCUT2D eigenvalue weighted by Crippen LogP contribution is -2.54. The minimum absolute atomic E-state index is 0. The third-order valence-corrected chi connectivity index (χ3v) is 5.06. The molecule has 0 spiro atoms. The van der Waals surface area contributed by atoms with Crippen LogP contribution in [-0.4, -0.2) is 72.7 Å². The number of carbonyl (C=O) groups excluding carboxylic acids is 1. The van der Waals surface area contributed by atoms with Crippen LogP contribution in [0.3, 0.4) is 0 Å². The van der Waals surface area contributed by atoms with Crippen LogP contribution in [0.25, 0.3) is 0 Å². The normalized spacial score (nSPS) is 20.8. The maximum Gasteiger partial charge on any atom is 0.240 e. The lowest BCUT2D eigenvalue weighted by molar-refractivity contribution is -0.134. The number of hydrogen-bond donors (Lipinski definition) is 1. The van der Waals surface area contributed by atoms with E-state index in [2.05, 4.69) is 10.2 Å². The molecule has 0 bridgehead atoms. The minimum Gasteiger partial charge on any atom is -0.492 e. The highest BCUT2D eigenvalue weighted by atomic mass is 35.5. The van der Waals surface area contributed by atoms with E-state index in [-0.39, 0.29) is 36.8 Å². The predicted octanol–water partition coefficient (Wildman–Crippen LogP) is 1.72. The molecular formula is C16H25Cl2N3O2S. The minimum atomic E-state index is 0. The summed E-state index contributed by atoms with van der Waals surface area (Å²) in [5.74, 6) is 2.99. The first-order valence-electron chi connectivity index (χ1n) is 7.83. The van der Waals surface area contributed by atoms with Crippen molar-refractivity contribution < 1.29 is 9.53 Å². The number of hydrogen-bond acceptors (Lipinski definition) is 5. The molecule has 1 N–H and O–H groups in total. The van der Waals surface area contributed by atoms with E-state index in [1.54, 1.807) is 11.8 Å². The Hall–Kier alpha value is -0.660. The van der Waals surface area contributed by atoms with Gasteiger partial charge in [0.05, 0.1) is 6.04 Å². The molecular weight excluding hydrogens is 369 g/mol. The third kappa shape index (κ3) is 6.01. The second-order valence-corrected chi connectivity index (χ2v) is 6.63. The van der Waals surface area contributed by atoms with Crippen LogP contribution in [-0.2, 0) is 4.79 Å². The first-order chi connectivity index (χ1) is 10.8. The van der Waals surface area contributed by atoms with Crippen molar-refractivity contribution in [2.75, 3.05) is 51.0 Å². The van der Waals surface area contributed by atoms with Crippen LogP contribution in [0.15, 0.2) is 30.3 Å². The number of para-hydroxylation sites is 1. The number of carbonyl (C=O) groups is 1. The summed E-state index contributed by atoms with van der Waals surface area (Å²) in [6.45, 7) is 5.13. The van der Waals surface area contributed by atoms with Crippen LogP contribution in [0.2, 0.25) is 0 Å². The summed E-state index contributed by atoms with van der Waals surface area (Å²) >= 11 is 1.80. The van der Waals surface area contributed by atoms with Crippen LogP contribution < -0.4 is 10.1 Å². The van der Waals surface area contributed by atoms with Crippen LogP contribution in [0.5, 0.6) is 5.75 Å². The Balaban J connectivity index is 0.00000144. The lowest BCUT2D eigenvalue weighted by atomic mass is 10.2. The smallest absolute Gasteiger partial charge is 0.240 e. The molecule has 1 amide bonds. The van der Waals surface area contributed by atoms with Gasteiger partial charge in [0.25, 0.3) is 0 Å². The number of thioether (sulfide) groups is 1. The Kier molecular flexibility index (Phi) is 9.85. The van der Waals surface area contributed by atoms with Gasteiger partial charge in [-0.2, -0.15) is 0 Å². The molecule has 24 heavy (non-hydrogen) atoms. The topological polar surface area (TPSA) is 44.8 Å². The average molecular weight is 394 g/mol. The fraction of sp³-hybridized carbons (Fsp3) is 0.562. The maximum absolute atomic E-state index is 12.3. The third-order valence-electron chi connectivity index (χ3n) is 4.12. The molecule has 8 heteroatoms. The number of halogens is 2. The number of amides is 1. The van der Waals surface area contributed by atoms with E-state index in [1.165, 1.54) is 0 Å². The molecule has 0 radical (unpaired) electrons. The highest BCUT2D eigenvalue weighted by molar-refractivity contribution is 7.99. The molecule has 2 heterocycles. The van der Waals surface area contributed by atoms with E-state index in [4.69, 9.17) is 4.74 Å². The molecule has 1 unspecified atom stereocenters. The van der Waals surface area contributed by atoms with E-state index < -0.39 is 0 Å². The summed E-state index contributed by atoms with van der Waals surface area (Å²) in [6, 6.07) is 9.93. The van der Waals surface area contributed by atoms with Gasteiger partial charge in [-0.25, -0.2) is 0 Å². The van der Waals surface area contributed by atoms with Gasteiger partial charge in [0.15, 0.2) is 0 Å². The SMILES string of the molecule is Cl.Cl.O=C(C1CSCN1)N1CCN(CCOc2ccccc2)CC1. The number of nitrogens with one attached hydrogen (secondary N) is 1. The standard InChI is InChI=1S/C16H23N3O2S.2ClH/c20-16(15-12-22-13-17-15)19-8-6-18(7-9-19)10-11-21-14-4-2-1-3-5-14;;/h1-5,15,17H,6-13H2;2*1H. The summed E-state index contributed by atoms with van der Waals surface area (Å²) in [4.78, 5) is 16.7. The van der Waals surface area contributed by atoms with Crippen molar-refractivity contribution in [1.29, 1.82) is 0 Å². The number of nitrogens with zero attached hydrogens (tertiary/aromatic N) is 2. The quantitative estimate of drug-likeness (QED) is 0.824. The summed E-state index contributed by atoms with van der Waals surface area (Å²) in [5, 5.41) is 3.26. The van der Waals surface area contributed by atoms with Crippen molar-refractivity contribution in [3.05, 3.63) is 30.3 Å². The van der Waals surface area contributed by atoms with Crippen molar-refractivity contribution in [3.63, 3.8) is 0 Å². The van der Waals surface area contributed by atoms with Crippen molar-refractivity contribution in [2.24, 2.45) is 0 Å². The molecule has 2 aliphatic rings. The molecule has 0 saturated carbocycles. The van der Waals surface area contributed by atoms with Crippen LogP contribution in [0, 0.1) is 0 Å². The number of benzene rings is 1. The van der Waals surface area contributed by atoms with Crippen molar-refractivity contribution in [1.82, 2.24) is 15.1 Å². The van der Waals surface area contributed by atoms with E-state index in [0.717, 1.165) is 50.1 Å². The van der Waals surface area contributed by atoms with E-state index in [9.17, 15) is 4.79 Å². The second-order valence-electron chi connectivity index (χ2n) is 5.60. The van der Waals surface area contributed by atoms with E-state index in [1.807, 2.05) is 35.2 Å². The number of piperazine rings is 1. The second kappa shape index (κ2) is 11.1. The predicted molar refractivity (Wildman–Crippen MR) is 104 cm³/mol. The van der Waals surface area contributed by atoms with E-state index in [0.29, 0.717) is 6.61 Å². The molecule has 2 fully saturated rings. The van der Waals surface area contributed by atoms with Crippen LogP contribution in [0.4, 0.5) is 0 Å². The molecule has 0 aromatic heterocycles. The van der Waals surface area contributed by atoms with Gasteiger partial charge in [-0.3, -0.25) is 15.0 Å². The average Bonchev–Trinajstić information content (AvgIpc) is 3.10. The Morgan fingerprint density at radius 1 is 1.17 bits per heavy atom. The van der Waals surface area contributed by atoms with Gasteiger partial charge < -0.3 is 9.64 Å². The number of ether oxygens (including phenoxy) is 1. The monoisotopic (exact) mass is 393 g/mol. The molecule has 1 aromatic rings. The number of rotatable bonds is 5. The van der Waals surface area contributed by atoms with Crippen molar-refractivity contribution >= 4 is 42.5 Å². The molecule has 3 rings (SSSR count). The van der Waals surface area contributed by atoms with E-state index >= 15 is 0 Å². The molecule has 1 atom stereocenters. The highest BCUT2D eigenvalue weighted by Gasteiger charge is 2.29. The van der Waals surface area contributed by atoms with Gasteiger partial charge in [0.2, 0.25) is 5.91 Å². The Bertz CT molecular complexity index is 481. The molecule has 0 aliphatic carbocycles.